The van der Waals surface area contributed by atoms with Gasteiger partial charge in [-0.1, -0.05) is 23.2 Å². The van der Waals surface area contributed by atoms with E-state index in [0.717, 1.165) is 0 Å². The highest BCUT2D eigenvalue weighted by molar-refractivity contribution is 6.35. The van der Waals surface area contributed by atoms with Gasteiger partial charge < -0.3 is 0 Å². The monoisotopic (exact) mass is 216 g/mol. The van der Waals surface area contributed by atoms with Crippen LogP contribution in [-0.2, 0) is 0 Å². The van der Waals surface area contributed by atoms with Gasteiger partial charge in [0.25, 0.3) is 0 Å². The van der Waals surface area contributed by atoms with Crippen LogP contribution in [0.5, 0.6) is 0 Å². The second-order valence-corrected chi connectivity index (χ2v) is 3.21. The molecule has 2 aromatic heterocycles. The van der Waals surface area contributed by atoms with E-state index < -0.39 is 5.82 Å². The van der Waals surface area contributed by atoms with Crippen LogP contribution in [0.3, 0.4) is 0 Å². The van der Waals surface area contributed by atoms with Crippen molar-refractivity contribution >= 4 is 34.0 Å². The maximum absolute atomic E-state index is 13.3. The van der Waals surface area contributed by atoms with Crippen molar-refractivity contribution in [3.8, 4) is 0 Å². The van der Waals surface area contributed by atoms with Crippen LogP contribution in [0.25, 0.3) is 10.8 Å². The lowest BCUT2D eigenvalue weighted by Crippen LogP contribution is -1.87. The molecule has 0 aliphatic heterocycles. The first-order chi connectivity index (χ1) is 6.20. The van der Waals surface area contributed by atoms with Crippen LogP contribution in [0.2, 0.25) is 10.2 Å². The third-order valence-corrected chi connectivity index (χ3v) is 2.23. The van der Waals surface area contributed by atoms with E-state index in [-0.39, 0.29) is 10.5 Å². The van der Waals surface area contributed by atoms with Gasteiger partial charge in [0.2, 0.25) is 0 Å². The third kappa shape index (κ3) is 1.34. The molecule has 0 amide bonds. The molecule has 2 rings (SSSR count). The average molecular weight is 217 g/mol. The van der Waals surface area contributed by atoms with Crippen LogP contribution in [-0.4, -0.2) is 9.97 Å². The van der Waals surface area contributed by atoms with E-state index in [0.29, 0.717) is 10.4 Å². The third-order valence-electron chi connectivity index (χ3n) is 1.66. The Labute approximate surface area is 83.3 Å². The summed E-state index contributed by atoms with van der Waals surface area (Å²) in [5, 5.41) is 0.989. The fourth-order valence-electron chi connectivity index (χ4n) is 1.04. The molecule has 2 aromatic rings. The van der Waals surface area contributed by atoms with Crippen LogP contribution >= 0.6 is 23.2 Å². The number of aromatic nitrogens is 2. The molecule has 0 saturated heterocycles. The summed E-state index contributed by atoms with van der Waals surface area (Å²) < 4.78 is 13.3. The Bertz CT molecular complexity index is 473. The van der Waals surface area contributed by atoms with Crippen molar-refractivity contribution in [2.75, 3.05) is 0 Å². The summed E-state index contributed by atoms with van der Waals surface area (Å²) in [5.74, 6) is -0.589. The zero-order valence-corrected chi connectivity index (χ0v) is 7.77. The Hall–Kier alpha value is -0.930. The van der Waals surface area contributed by atoms with Gasteiger partial charge in [-0.15, -0.1) is 0 Å². The van der Waals surface area contributed by atoms with Crippen LogP contribution < -0.4 is 0 Å². The minimum absolute atomic E-state index is 0.170. The molecular formula is C8H3Cl2FN2. The van der Waals surface area contributed by atoms with Crippen LogP contribution in [0.4, 0.5) is 4.39 Å². The lowest BCUT2D eigenvalue weighted by molar-refractivity contribution is 0.634. The molecule has 2 heterocycles. The zero-order valence-electron chi connectivity index (χ0n) is 6.26. The van der Waals surface area contributed by atoms with E-state index in [4.69, 9.17) is 23.2 Å². The maximum atomic E-state index is 13.3. The first-order valence-electron chi connectivity index (χ1n) is 3.43. The molecular weight excluding hydrogens is 214 g/mol. The SMILES string of the molecule is Fc1c(Cl)ncc2c(Cl)cncc12. The Kier molecular flexibility index (Phi) is 2.06. The Morgan fingerprint density at radius 1 is 1.08 bits per heavy atom. The fraction of sp³-hybridized carbons (Fsp3) is 0. The highest BCUT2D eigenvalue weighted by Gasteiger charge is 2.08. The number of hydrogen-bond acceptors (Lipinski definition) is 2. The highest BCUT2D eigenvalue weighted by Crippen LogP contribution is 2.26. The van der Waals surface area contributed by atoms with Crippen LogP contribution in [0, 0.1) is 5.82 Å². The summed E-state index contributed by atoms with van der Waals surface area (Å²) in [6, 6.07) is 0. The number of nitrogens with zero attached hydrogens (tertiary/aromatic N) is 2. The minimum atomic E-state index is -0.589. The van der Waals surface area contributed by atoms with E-state index in [1.807, 2.05) is 0 Å². The predicted octanol–water partition coefficient (Wildman–Crippen LogP) is 3.08. The van der Waals surface area contributed by atoms with Gasteiger partial charge in [0.15, 0.2) is 11.0 Å². The first kappa shape index (κ1) is 8.66. The molecule has 0 aliphatic rings. The lowest BCUT2D eigenvalue weighted by atomic mass is 10.2. The molecule has 0 fully saturated rings. The standard InChI is InChI=1S/C8H3Cl2FN2/c9-6-3-12-1-5-4(6)2-13-8(10)7(5)11/h1-3H. The fourth-order valence-corrected chi connectivity index (χ4v) is 1.40. The van der Waals surface area contributed by atoms with Crippen molar-refractivity contribution in [1.82, 2.24) is 9.97 Å². The van der Waals surface area contributed by atoms with E-state index in [1.165, 1.54) is 18.6 Å². The maximum Gasteiger partial charge on any atom is 0.169 e. The van der Waals surface area contributed by atoms with Crippen molar-refractivity contribution < 1.29 is 4.39 Å². The molecule has 2 nitrogen and oxygen atoms in total. The van der Waals surface area contributed by atoms with Crippen LogP contribution in [0.1, 0.15) is 0 Å². The minimum Gasteiger partial charge on any atom is -0.262 e. The normalized spacial score (nSPS) is 10.7. The second kappa shape index (κ2) is 3.09. The van der Waals surface area contributed by atoms with Gasteiger partial charge in [-0.2, -0.15) is 0 Å². The molecule has 0 aliphatic carbocycles. The van der Waals surface area contributed by atoms with Gasteiger partial charge in [-0.3, -0.25) is 4.98 Å². The molecule has 0 atom stereocenters. The van der Waals surface area contributed by atoms with E-state index in [2.05, 4.69) is 9.97 Å². The average Bonchev–Trinajstić information content (AvgIpc) is 2.12. The number of halogens is 3. The summed E-state index contributed by atoms with van der Waals surface area (Å²) in [4.78, 5) is 7.40. The van der Waals surface area contributed by atoms with Gasteiger partial charge in [0.05, 0.1) is 5.02 Å². The van der Waals surface area contributed by atoms with Crippen molar-refractivity contribution in [3.05, 3.63) is 34.6 Å². The van der Waals surface area contributed by atoms with Gasteiger partial charge >= 0.3 is 0 Å². The van der Waals surface area contributed by atoms with Crippen molar-refractivity contribution in [3.63, 3.8) is 0 Å². The van der Waals surface area contributed by atoms with Gasteiger partial charge in [-0.25, -0.2) is 9.37 Å². The van der Waals surface area contributed by atoms with Crippen molar-refractivity contribution in [2.45, 2.75) is 0 Å². The van der Waals surface area contributed by atoms with E-state index >= 15 is 0 Å². The van der Waals surface area contributed by atoms with E-state index in [9.17, 15) is 4.39 Å². The van der Waals surface area contributed by atoms with Crippen LogP contribution in [0.15, 0.2) is 18.6 Å². The second-order valence-electron chi connectivity index (χ2n) is 2.45. The number of rotatable bonds is 0. The van der Waals surface area contributed by atoms with Gasteiger partial charge in [0, 0.05) is 29.4 Å². The molecule has 0 N–H and O–H groups in total. The first-order valence-corrected chi connectivity index (χ1v) is 4.19. The molecule has 5 heteroatoms. The quantitative estimate of drug-likeness (QED) is 0.633. The molecule has 66 valence electrons. The lowest BCUT2D eigenvalue weighted by Gasteiger charge is -2.00. The number of hydrogen-bond donors (Lipinski definition) is 0. The summed E-state index contributed by atoms with van der Waals surface area (Å²) in [7, 11) is 0. The molecule has 0 bridgehead atoms. The summed E-state index contributed by atoms with van der Waals surface area (Å²) in [5.41, 5.74) is 0. The Morgan fingerprint density at radius 2 is 1.85 bits per heavy atom. The molecule has 0 spiro atoms. The summed E-state index contributed by atoms with van der Waals surface area (Å²) >= 11 is 11.3. The van der Waals surface area contributed by atoms with Crippen molar-refractivity contribution in [1.29, 1.82) is 0 Å². The highest BCUT2D eigenvalue weighted by atomic mass is 35.5. The largest absolute Gasteiger partial charge is 0.262 e. The predicted molar refractivity (Wildman–Crippen MR) is 49.5 cm³/mol. The molecule has 0 saturated carbocycles. The van der Waals surface area contributed by atoms with Gasteiger partial charge in [-0.05, 0) is 0 Å². The van der Waals surface area contributed by atoms with Gasteiger partial charge in [0.1, 0.15) is 0 Å². The Balaban J connectivity index is 2.94. The molecule has 13 heavy (non-hydrogen) atoms. The van der Waals surface area contributed by atoms with Crippen molar-refractivity contribution in [2.24, 2.45) is 0 Å². The number of fused-ring (bicyclic) bond motifs is 1. The molecule has 0 aromatic carbocycles. The molecule has 0 radical (unpaired) electrons. The smallest absolute Gasteiger partial charge is 0.169 e. The topological polar surface area (TPSA) is 25.8 Å². The number of pyridine rings is 2. The molecule has 0 unspecified atom stereocenters. The zero-order chi connectivity index (χ0) is 9.42. The Morgan fingerprint density at radius 3 is 2.62 bits per heavy atom. The van der Waals surface area contributed by atoms with E-state index in [1.54, 1.807) is 0 Å². The summed E-state index contributed by atoms with van der Waals surface area (Å²) in [6.45, 7) is 0. The summed E-state index contributed by atoms with van der Waals surface area (Å²) in [6.07, 6.45) is 4.22.